The molecule has 0 saturated carbocycles. The zero-order chi connectivity index (χ0) is 10.8. The number of hydrogen-bond donors (Lipinski definition) is 3. The lowest BCUT2D eigenvalue weighted by atomic mass is 10.2. The van der Waals surface area contributed by atoms with Crippen molar-refractivity contribution in [1.29, 1.82) is 0 Å². The van der Waals surface area contributed by atoms with E-state index < -0.39 is 13.4 Å². The molecule has 0 aliphatic heterocycles. The van der Waals surface area contributed by atoms with Crippen LogP contribution in [0.3, 0.4) is 0 Å². The second-order valence-corrected chi connectivity index (χ2v) is 4.97. The highest BCUT2D eigenvalue weighted by atomic mass is 31.2. The van der Waals surface area contributed by atoms with Gasteiger partial charge in [0.2, 0.25) is 0 Å². The van der Waals surface area contributed by atoms with Crippen LogP contribution in [0.2, 0.25) is 0 Å². The van der Waals surface area contributed by atoms with E-state index in [1.54, 1.807) is 12.1 Å². The van der Waals surface area contributed by atoms with Crippen LogP contribution in [-0.4, -0.2) is 20.6 Å². The van der Waals surface area contributed by atoms with Crippen molar-refractivity contribution in [3.05, 3.63) is 29.6 Å². The third kappa shape index (κ3) is 3.20. The maximum atomic E-state index is 10.8. The summed E-state index contributed by atoms with van der Waals surface area (Å²) >= 11 is 0. The van der Waals surface area contributed by atoms with E-state index in [-0.39, 0.29) is 6.42 Å². The van der Waals surface area contributed by atoms with Crippen LogP contribution in [0.5, 0.6) is 0 Å². The second-order valence-electron chi connectivity index (χ2n) is 3.13. The SMILES string of the molecule is Cc1cccc(CC(N)P(=O)(O)O)n1. The minimum absolute atomic E-state index is 0.0892. The minimum atomic E-state index is -4.20. The van der Waals surface area contributed by atoms with E-state index in [4.69, 9.17) is 15.5 Å². The molecule has 1 unspecified atom stereocenters. The Morgan fingerprint density at radius 3 is 2.71 bits per heavy atom. The smallest absolute Gasteiger partial charge is 0.323 e. The molecule has 0 spiro atoms. The van der Waals surface area contributed by atoms with E-state index in [1.165, 1.54) is 0 Å². The predicted octanol–water partition coefficient (Wildman–Crippen LogP) is 0.395. The Morgan fingerprint density at radius 2 is 2.21 bits per heavy atom. The Morgan fingerprint density at radius 1 is 1.57 bits per heavy atom. The first-order valence-electron chi connectivity index (χ1n) is 4.13. The number of rotatable bonds is 3. The lowest BCUT2D eigenvalue weighted by molar-refractivity contribution is 0.357. The molecule has 0 saturated heterocycles. The monoisotopic (exact) mass is 216 g/mol. The normalized spacial score (nSPS) is 14.0. The number of hydrogen-bond acceptors (Lipinski definition) is 3. The summed E-state index contributed by atoms with van der Waals surface area (Å²) in [6, 6.07) is 5.29. The van der Waals surface area contributed by atoms with Crippen molar-refractivity contribution in [3.8, 4) is 0 Å². The van der Waals surface area contributed by atoms with E-state index in [2.05, 4.69) is 4.98 Å². The molecule has 0 aliphatic rings. The van der Waals surface area contributed by atoms with E-state index in [9.17, 15) is 4.57 Å². The molecule has 0 radical (unpaired) electrons. The van der Waals surface area contributed by atoms with Gasteiger partial charge < -0.3 is 15.5 Å². The average molecular weight is 216 g/mol. The lowest BCUT2D eigenvalue weighted by Gasteiger charge is -2.12. The fraction of sp³-hybridized carbons (Fsp3) is 0.375. The lowest BCUT2D eigenvalue weighted by Crippen LogP contribution is -2.23. The summed E-state index contributed by atoms with van der Waals surface area (Å²) in [6.07, 6.45) is 0.0892. The summed E-state index contributed by atoms with van der Waals surface area (Å²) in [5.41, 5.74) is 6.73. The van der Waals surface area contributed by atoms with Crippen molar-refractivity contribution >= 4 is 7.60 Å². The van der Waals surface area contributed by atoms with Gasteiger partial charge in [0, 0.05) is 17.8 Å². The highest BCUT2D eigenvalue weighted by Crippen LogP contribution is 2.39. The average Bonchev–Trinajstić information content (AvgIpc) is 2.02. The number of aromatic nitrogens is 1. The molecule has 78 valence electrons. The molecular formula is C8H13N2O3P. The summed E-state index contributed by atoms with van der Waals surface area (Å²) < 4.78 is 10.8. The van der Waals surface area contributed by atoms with Crippen LogP contribution >= 0.6 is 7.60 Å². The first kappa shape index (κ1) is 11.3. The summed E-state index contributed by atoms with van der Waals surface area (Å²) in [5.74, 6) is -1.17. The Hall–Kier alpha value is -0.740. The van der Waals surface area contributed by atoms with Crippen molar-refractivity contribution in [1.82, 2.24) is 4.98 Å². The van der Waals surface area contributed by atoms with Crippen LogP contribution < -0.4 is 5.73 Å². The summed E-state index contributed by atoms with van der Waals surface area (Å²) in [6.45, 7) is 1.81. The van der Waals surface area contributed by atoms with Crippen LogP contribution in [0, 0.1) is 6.92 Å². The molecule has 1 aromatic rings. The van der Waals surface area contributed by atoms with Crippen molar-refractivity contribution in [3.63, 3.8) is 0 Å². The molecule has 0 bridgehead atoms. The zero-order valence-corrected chi connectivity index (χ0v) is 8.69. The molecule has 0 fully saturated rings. The third-order valence-corrected chi connectivity index (χ3v) is 2.84. The Bertz CT molecular complexity index is 363. The summed E-state index contributed by atoms with van der Waals surface area (Å²) in [5, 5.41) is 0. The van der Waals surface area contributed by atoms with Gasteiger partial charge in [-0.25, -0.2) is 0 Å². The molecule has 0 amide bonds. The van der Waals surface area contributed by atoms with E-state index in [0.29, 0.717) is 5.69 Å². The highest BCUT2D eigenvalue weighted by Gasteiger charge is 2.24. The van der Waals surface area contributed by atoms with Crippen LogP contribution in [0.25, 0.3) is 0 Å². The van der Waals surface area contributed by atoms with E-state index in [0.717, 1.165) is 5.69 Å². The Balaban J connectivity index is 2.75. The molecule has 0 aromatic carbocycles. The standard InChI is InChI=1S/C8H13N2O3P/c1-6-3-2-4-7(10-6)5-8(9)14(11,12)13/h2-4,8H,5,9H2,1H3,(H2,11,12,13). The van der Waals surface area contributed by atoms with Crippen LogP contribution in [0.4, 0.5) is 0 Å². The molecule has 1 rings (SSSR count). The number of nitrogens with two attached hydrogens (primary N) is 1. The quantitative estimate of drug-likeness (QED) is 0.635. The third-order valence-electron chi connectivity index (χ3n) is 1.80. The first-order chi connectivity index (χ1) is 6.39. The molecule has 4 N–H and O–H groups in total. The molecule has 5 nitrogen and oxygen atoms in total. The van der Waals surface area contributed by atoms with Gasteiger partial charge in [-0.2, -0.15) is 0 Å². The molecule has 1 atom stereocenters. The van der Waals surface area contributed by atoms with Gasteiger partial charge in [-0.1, -0.05) is 6.07 Å². The van der Waals surface area contributed by atoms with Gasteiger partial charge in [-0.15, -0.1) is 0 Å². The first-order valence-corrected chi connectivity index (χ1v) is 5.81. The van der Waals surface area contributed by atoms with Gasteiger partial charge in [0.1, 0.15) is 5.78 Å². The maximum Gasteiger partial charge on any atom is 0.342 e. The highest BCUT2D eigenvalue weighted by molar-refractivity contribution is 7.52. The van der Waals surface area contributed by atoms with Gasteiger partial charge in [0.25, 0.3) is 0 Å². The fourth-order valence-electron chi connectivity index (χ4n) is 1.05. The summed E-state index contributed by atoms with van der Waals surface area (Å²) in [7, 11) is -4.20. The zero-order valence-electron chi connectivity index (χ0n) is 7.79. The number of nitrogens with zero attached hydrogens (tertiary/aromatic N) is 1. The van der Waals surface area contributed by atoms with Crippen molar-refractivity contribution in [2.75, 3.05) is 0 Å². The van der Waals surface area contributed by atoms with Crippen LogP contribution in [0.1, 0.15) is 11.4 Å². The fourth-order valence-corrected chi connectivity index (χ4v) is 1.47. The van der Waals surface area contributed by atoms with Gasteiger partial charge in [-0.05, 0) is 19.1 Å². The van der Waals surface area contributed by atoms with Crippen LogP contribution in [0.15, 0.2) is 18.2 Å². The van der Waals surface area contributed by atoms with Crippen molar-refractivity contribution < 1.29 is 14.4 Å². The molecule has 1 aromatic heterocycles. The number of aryl methyl sites for hydroxylation is 1. The predicted molar refractivity (Wildman–Crippen MR) is 52.7 cm³/mol. The van der Waals surface area contributed by atoms with Crippen molar-refractivity contribution in [2.45, 2.75) is 19.1 Å². The Labute approximate surface area is 82.1 Å². The minimum Gasteiger partial charge on any atom is -0.323 e. The van der Waals surface area contributed by atoms with Gasteiger partial charge in [0.15, 0.2) is 0 Å². The van der Waals surface area contributed by atoms with E-state index >= 15 is 0 Å². The van der Waals surface area contributed by atoms with Crippen LogP contribution in [-0.2, 0) is 11.0 Å². The van der Waals surface area contributed by atoms with Gasteiger partial charge in [0.05, 0.1) is 0 Å². The second kappa shape index (κ2) is 4.19. The molecule has 1 heterocycles. The maximum absolute atomic E-state index is 10.8. The number of pyridine rings is 1. The topological polar surface area (TPSA) is 96.4 Å². The molecule has 14 heavy (non-hydrogen) atoms. The van der Waals surface area contributed by atoms with E-state index in [1.807, 2.05) is 13.0 Å². The molecule has 6 heteroatoms. The molecule has 0 aliphatic carbocycles. The van der Waals surface area contributed by atoms with Gasteiger partial charge >= 0.3 is 7.60 Å². The largest absolute Gasteiger partial charge is 0.342 e. The summed E-state index contributed by atoms with van der Waals surface area (Å²) in [4.78, 5) is 21.7. The Kier molecular flexibility index (Phi) is 3.39. The van der Waals surface area contributed by atoms with Gasteiger partial charge in [-0.3, -0.25) is 9.55 Å². The molecular weight excluding hydrogens is 203 g/mol. The van der Waals surface area contributed by atoms with Crippen molar-refractivity contribution in [2.24, 2.45) is 5.73 Å².